The van der Waals surface area contributed by atoms with Gasteiger partial charge in [0.05, 0.1) is 5.39 Å². The van der Waals surface area contributed by atoms with Crippen LogP contribution >= 0.6 is 0 Å². The third kappa shape index (κ3) is 2.79. The molecule has 6 heteroatoms. The number of nitrogens with one attached hydrogen (secondary N) is 1. The van der Waals surface area contributed by atoms with Crippen molar-refractivity contribution >= 4 is 22.8 Å². The van der Waals surface area contributed by atoms with Gasteiger partial charge in [-0.05, 0) is 12.1 Å². The third-order valence-electron chi connectivity index (χ3n) is 2.45. The Morgan fingerprint density at radius 3 is 2.79 bits per heavy atom. The van der Waals surface area contributed by atoms with Crippen LogP contribution in [0.15, 0.2) is 39.5 Å². The molecular formula is C13H11NO5. The number of carbonyl (C=O) groups is 2. The Kier molecular flexibility index (Phi) is 3.61. The highest BCUT2D eigenvalue weighted by molar-refractivity contribution is 5.90. The number of para-hydroxylation sites is 1. The minimum atomic E-state index is -0.855. The average molecular weight is 261 g/mol. The number of ether oxygens (including phenoxy) is 1. The summed E-state index contributed by atoms with van der Waals surface area (Å²) in [7, 11) is 1.42. The van der Waals surface area contributed by atoms with Crippen molar-refractivity contribution in [1.29, 1.82) is 0 Å². The summed E-state index contributed by atoms with van der Waals surface area (Å²) in [4.78, 5) is 34.3. The zero-order valence-electron chi connectivity index (χ0n) is 10.1. The van der Waals surface area contributed by atoms with Gasteiger partial charge in [0.2, 0.25) is 5.76 Å². The van der Waals surface area contributed by atoms with Gasteiger partial charge < -0.3 is 14.5 Å². The second-order valence-corrected chi connectivity index (χ2v) is 3.72. The molecule has 1 heterocycles. The first-order valence-corrected chi connectivity index (χ1v) is 5.52. The van der Waals surface area contributed by atoms with Crippen molar-refractivity contribution < 1.29 is 18.7 Å². The van der Waals surface area contributed by atoms with Crippen LogP contribution < -0.4 is 10.7 Å². The summed E-state index contributed by atoms with van der Waals surface area (Å²) in [6.45, 7) is -0.425. The summed E-state index contributed by atoms with van der Waals surface area (Å²) in [6.07, 6.45) is 0. The second kappa shape index (κ2) is 5.34. The van der Waals surface area contributed by atoms with E-state index in [0.717, 1.165) is 6.07 Å². The van der Waals surface area contributed by atoms with Crippen molar-refractivity contribution in [2.75, 3.05) is 13.7 Å². The first-order valence-electron chi connectivity index (χ1n) is 5.52. The average Bonchev–Trinajstić information content (AvgIpc) is 2.44. The number of hydrogen-bond donors (Lipinski definition) is 1. The van der Waals surface area contributed by atoms with Crippen LogP contribution in [0, 0.1) is 0 Å². The SMILES string of the molecule is CNC(=O)COC(=O)c1cc(=O)c2ccccc2o1. The summed E-state index contributed by atoms with van der Waals surface area (Å²) in [5.74, 6) is -1.53. The van der Waals surface area contributed by atoms with E-state index in [1.54, 1.807) is 24.3 Å². The highest BCUT2D eigenvalue weighted by Gasteiger charge is 2.14. The Hall–Kier alpha value is -2.63. The summed E-state index contributed by atoms with van der Waals surface area (Å²) in [6, 6.07) is 7.61. The second-order valence-electron chi connectivity index (χ2n) is 3.72. The van der Waals surface area contributed by atoms with Gasteiger partial charge in [-0.3, -0.25) is 9.59 Å². The normalized spacial score (nSPS) is 10.2. The molecule has 1 amide bonds. The predicted molar refractivity (Wildman–Crippen MR) is 66.8 cm³/mol. The fourth-order valence-electron chi connectivity index (χ4n) is 1.48. The molecule has 98 valence electrons. The number of benzene rings is 1. The summed E-state index contributed by atoms with van der Waals surface area (Å²) in [5, 5.41) is 2.68. The molecule has 0 aliphatic heterocycles. The molecule has 1 N–H and O–H groups in total. The van der Waals surface area contributed by atoms with Crippen molar-refractivity contribution in [3.8, 4) is 0 Å². The van der Waals surface area contributed by atoms with Crippen molar-refractivity contribution in [3.05, 3.63) is 46.3 Å². The number of carbonyl (C=O) groups excluding carboxylic acids is 2. The zero-order chi connectivity index (χ0) is 13.8. The highest BCUT2D eigenvalue weighted by atomic mass is 16.5. The van der Waals surface area contributed by atoms with Crippen LogP contribution in [0.5, 0.6) is 0 Å². The van der Waals surface area contributed by atoms with E-state index >= 15 is 0 Å². The molecule has 1 aromatic heterocycles. The minimum Gasteiger partial charge on any atom is -0.450 e. The molecule has 0 radical (unpaired) electrons. The maximum absolute atomic E-state index is 11.8. The van der Waals surface area contributed by atoms with E-state index in [1.807, 2.05) is 0 Å². The molecule has 19 heavy (non-hydrogen) atoms. The molecule has 0 atom stereocenters. The molecule has 2 aromatic rings. The van der Waals surface area contributed by atoms with Crippen molar-refractivity contribution in [2.24, 2.45) is 0 Å². The quantitative estimate of drug-likeness (QED) is 0.822. The van der Waals surface area contributed by atoms with Gasteiger partial charge in [-0.15, -0.1) is 0 Å². The van der Waals surface area contributed by atoms with E-state index in [2.05, 4.69) is 5.32 Å². The van der Waals surface area contributed by atoms with Crippen LogP contribution in [-0.2, 0) is 9.53 Å². The minimum absolute atomic E-state index is 0.229. The molecule has 0 spiro atoms. The summed E-state index contributed by atoms with van der Waals surface area (Å²) >= 11 is 0. The van der Waals surface area contributed by atoms with Crippen LogP contribution in [0.25, 0.3) is 11.0 Å². The van der Waals surface area contributed by atoms with Crippen LogP contribution in [0.3, 0.4) is 0 Å². The van der Waals surface area contributed by atoms with Gasteiger partial charge in [0, 0.05) is 13.1 Å². The Labute approximate surface area is 108 Å². The van der Waals surface area contributed by atoms with E-state index in [9.17, 15) is 14.4 Å². The fraction of sp³-hybridized carbons (Fsp3) is 0.154. The van der Waals surface area contributed by atoms with Gasteiger partial charge in [-0.25, -0.2) is 4.79 Å². The largest absolute Gasteiger partial charge is 0.450 e. The number of hydrogen-bond acceptors (Lipinski definition) is 5. The maximum atomic E-state index is 11.8. The molecule has 0 saturated carbocycles. The molecule has 0 saturated heterocycles. The standard InChI is InChI=1S/C13H11NO5/c1-14-12(16)7-18-13(17)11-6-9(15)8-4-2-3-5-10(8)19-11/h2-6H,7H2,1H3,(H,14,16). The Morgan fingerprint density at radius 1 is 1.32 bits per heavy atom. The first kappa shape index (κ1) is 12.8. The molecule has 0 aliphatic rings. The van der Waals surface area contributed by atoms with Crippen molar-refractivity contribution in [1.82, 2.24) is 5.32 Å². The van der Waals surface area contributed by atoms with Crippen LogP contribution in [0.1, 0.15) is 10.6 Å². The third-order valence-corrected chi connectivity index (χ3v) is 2.45. The number of likely N-dealkylation sites (N-methyl/N-ethyl adjacent to an activating group) is 1. The topological polar surface area (TPSA) is 85.6 Å². The summed E-state index contributed by atoms with van der Waals surface area (Å²) < 4.78 is 9.97. The zero-order valence-corrected chi connectivity index (χ0v) is 10.1. The lowest BCUT2D eigenvalue weighted by Gasteiger charge is -2.04. The molecule has 0 aliphatic carbocycles. The van der Waals surface area contributed by atoms with Crippen LogP contribution in [0.4, 0.5) is 0 Å². The predicted octanol–water partition coefficient (Wildman–Crippen LogP) is 0.696. The Morgan fingerprint density at radius 2 is 2.05 bits per heavy atom. The van der Waals surface area contributed by atoms with E-state index < -0.39 is 18.5 Å². The number of esters is 1. The van der Waals surface area contributed by atoms with Gasteiger partial charge in [0.1, 0.15) is 5.58 Å². The first-order chi connectivity index (χ1) is 9.11. The van der Waals surface area contributed by atoms with Crippen LogP contribution in [-0.4, -0.2) is 25.5 Å². The van der Waals surface area contributed by atoms with Crippen molar-refractivity contribution in [2.45, 2.75) is 0 Å². The van der Waals surface area contributed by atoms with Gasteiger partial charge >= 0.3 is 5.97 Å². The lowest BCUT2D eigenvalue weighted by atomic mass is 10.2. The highest BCUT2D eigenvalue weighted by Crippen LogP contribution is 2.12. The van der Waals surface area contributed by atoms with Gasteiger partial charge in [0.15, 0.2) is 12.0 Å². The monoisotopic (exact) mass is 261 g/mol. The molecule has 0 fully saturated rings. The van der Waals surface area contributed by atoms with Gasteiger partial charge in [0.25, 0.3) is 5.91 Å². The van der Waals surface area contributed by atoms with Crippen molar-refractivity contribution in [3.63, 3.8) is 0 Å². The number of fused-ring (bicyclic) bond motifs is 1. The van der Waals surface area contributed by atoms with E-state index in [4.69, 9.17) is 9.15 Å². The Balaban J connectivity index is 2.28. The number of rotatable bonds is 3. The van der Waals surface area contributed by atoms with Gasteiger partial charge in [-0.1, -0.05) is 12.1 Å². The maximum Gasteiger partial charge on any atom is 0.374 e. The molecule has 0 bridgehead atoms. The molecular weight excluding hydrogens is 250 g/mol. The lowest BCUT2D eigenvalue weighted by molar-refractivity contribution is -0.123. The molecule has 1 aromatic carbocycles. The van der Waals surface area contributed by atoms with Crippen LogP contribution in [0.2, 0.25) is 0 Å². The van der Waals surface area contributed by atoms with E-state index in [-0.39, 0.29) is 11.2 Å². The van der Waals surface area contributed by atoms with E-state index in [1.165, 1.54) is 7.05 Å². The fourth-order valence-corrected chi connectivity index (χ4v) is 1.48. The number of amides is 1. The molecule has 0 unspecified atom stereocenters. The van der Waals surface area contributed by atoms with Gasteiger partial charge in [-0.2, -0.15) is 0 Å². The lowest BCUT2D eigenvalue weighted by Crippen LogP contribution is -2.25. The smallest absolute Gasteiger partial charge is 0.374 e. The van der Waals surface area contributed by atoms with E-state index in [0.29, 0.717) is 11.0 Å². The molecule has 6 nitrogen and oxygen atoms in total. The Bertz CT molecular complexity index is 689. The molecule has 2 rings (SSSR count). The summed E-state index contributed by atoms with van der Waals surface area (Å²) in [5.41, 5.74) is -0.0457.